The molecule has 2 heteroatoms. The number of rotatable bonds is 5. The van der Waals surface area contributed by atoms with Gasteiger partial charge in [0.05, 0.1) is 0 Å². The standard InChI is InChI=1S/C12H25NS/c1-2-14-9-8-11-6-4-3-5-7-12(11)10-13/h11-12H,2-10,13H2,1H3. The average molecular weight is 215 g/mol. The molecule has 2 N–H and O–H groups in total. The number of hydrogen-bond acceptors (Lipinski definition) is 2. The summed E-state index contributed by atoms with van der Waals surface area (Å²) in [5.74, 6) is 4.37. The molecule has 1 aliphatic rings. The van der Waals surface area contributed by atoms with E-state index in [4.69, 9.17) is 5.73 Å². The minimum atomic E-state index is 0.829. The summed E-state index contributed by atoms with van der Waals surface area (Å²) in [5, 5.41) is 0. The summed E-state index contributed by atoms with van der Waals surface area (Å²) < 4.78 is 0. The molecule has 0 amide bonds. The van der Waals surface area contributed by atoms with Crippen molar-refractivity contribution in [3.05, 3.63) is 0 Å². The Labute approximate surface area is 93.2 Å². The van der Waals surface area contributed by atoms with Crippen LogP contribution in [0.4, 0.5) is 0 Å². The van der Waals surface area contributed by atoms with E-state index in [-0.39, 0.29) is 0 Å². The molecule has 1 aliphatic carbocycles. The second-order valence-electron chi connectivity index (χ2n) is 4.38. The lowest BCUT2D eigenvalue weighted by Gasteiger charge is -2.23. The van der Waals surface area contributed by atoms with Crippen LogP contribution in [0.1, 0.15) is 45.4 Å². The van der Waals surface area contributed by atoms with Crippen LogP contribution in [-0.2, 0) is 0 Å². The first-order valence-electron chi connectivity index (χ1n) is 6.16. The second-order valence-corrected chi connectivity index (χ2v) is 5.77. The molecule has 14 heavy (non-hydrogen) atoms. The van der Waals surface area contributed by atoms with Gasteiger partial charge in [0.25, 0.3) is 0 Å². The molecule has 1 fully saturated rings. The Bertz CT molecular complexity index is 138. The third kappa shape index (κ3) is 4.22. The first kappa shape index (κ1) is 12.4. The molecule has 2 unspecified atom stereocenters. The van der Waals surface area contributed by atoms with Gasteiger partial charge in [-0.15, -0.1) is 0 Å². The van der Waals surface area contributed by atoms with Gasteiger partial charge in [-0.1, -0.05) is 32.6 Å². The van der Waals surface area contributed by atoms with E-state index >= 15 is 0 Å². The molecule has 0 radical (unpaired) electrons. The fourth-order valence-corrected chi connectivity index (χ4v) is 3.29. The van der Waals surface area contributed by atoms with Crippen molar-refractivity contribution in [3.8, 4) is 0 Å². The van der Waals surface area contributed by atoms with Crippen LogP contribution in [0.5, 0.6) is 0 Å². The van der Waals surface area contributed by atoms with E-state index in [9.17, 15) is 0 Å². The minimum absolute atomic E-state index is 0.829. The fraction of sp³-hybridized carbons (Fsp3) is 1.00. The van der Waals surface area contributed by atoms with Crippen molar-refractivity contribution in [2.75, 3.05) is 18.1 Å². The Hall–Kier alpha value is 0.310. The van der Waals surface area contributed by atoms with Crippen molar-refractivity contribution in [1.29, 1.82) is 0 Å². The molecule has 0 bridgehead atoms. The lowest BCUT2D eigenvalue weighted by atomic mass is 9.86. The van der Waals surface area contributed by atoms with Crippen LogP contribution >= 0.6 is 11.8 Å². The van der Waals surface area contributed by atoms with Crippen LogP contribution in [0.3, 0.4) is 0 Å². The van der Waals surface area contributed by atoms with Gasteiger partial charge in [0.2, 0.25) is 0 Å². The highest BCUT2D eigenvalue weighted by Crippen LogP contribution is 2.31. The van der Waals surface area contributed by atoms with Crippen molar-refractivity contribution >= 4 is 11.8 Å². The molecule has 0 aromatic heterocycles. The van der Waals surface area contributed by atoms with Crippen LogP contribution in [-0.4, -0.2) is 18.1 Å². The van der Waals surface area contributed by atoms with Gasteiger partial charge in [0, 0.05) is 0 Å². The predicted molar refractivity (Wildman–Crippen MR) is 66.7 cm³/mol. The van der Waals surface area contributed by atoms with Crippen molar-refractivity contribution in [2.24, 2.45) is 17.6 Å². The molecule has 84 valence electrons. The highest BCUT2D eigenvalue weighted by Gasteiger charge is 2.21. The SMILES string of the molecule is CCSCCC1CCCCCC1CN. The molecule has 0 aliphatic heterocycles. The first-order chi connectivity index (χ1) is 6.88. The average Bonchev–Trinajstić information content (AvgIpc) is 2.43. The maximum atomic E-state index is 5.86. The Balaban J connectivity index is 2.28. The summed E-state index contributed by atoms with van der Waals surface area (Å²) in [6, 6.07) is 0. The summed E-state index contributed by atoms with van der Waals surface area (Å²) >= 11 is 2.08. The lowest BCUT2D eigenvalue weighted by molar-refractivity contribution is 0.313. The van der Waals surface area contributed by atoms with Gasteiger partial charge in [-0.3, -0.25) is 0 Å². The predicted octanol–water partition coefficient (Wildman–Crippen LogP) is 3.28. The molecular formula is C12H25NS. The summed E-state index contributed by atoms with van der Waals surface area (Å²) in [5.41, 5.74) is 5.86. The zero-order valence-electron chi connectivity index (χ0n) is 9.50. The molecule has 0 spiro atoms. The zero-order valence-corrected chi connectivity index (χ0v) is 10.3. The third-order valence-electron chi connectivity index (χ3n) is 3.46. The van der Waals surface area contributed by atoms with E-state index in [0.717, 1.165) is 18.4 Å². The Morgan fingerprint density at radius 3 is 2.50 bits per heavy atom. The van der Waals surface area contributed by atoms with Gasteiger partial charge in [-0.05, 0) is 42.7 Å². The van der Waals surface area contributed by atoms with Crippen LogP contribution in [0.2, 0.25) is 0 Å². The Morgan fingerprint density at radius 1 is 1.14 bits per heavy atom. The lowest BCUT2D eigenvalue weighted by Crippen LogP contribution is -2.23. The molecule has 0 aromatic carbocycles. The number of thioether (sulfide) groups is 1. The molecule has 1 nitrogen and oxygen atoms in total. The van der Waals surface area contributed by atoms with Crippen LogP contribution in [0.25, 0.3) is 0 Å². The van der Waals surface area contributed by atoms with Gasteiger partial charge < -0.3 is 5.73 Å². The molecule has 1 saturated carbocycles. The highest BCUT2D eigenvalue weighted by atomic mass is 32.2. The van der Waals surface area contributed by atoms with Gasteiger partial charge in [0.1, 0.15) is 0 Å². The maximum absolute atomic E-state index is 5.86. The van der Waals surface area contributed by atoms with E-state index in [2.05, 4.69) is 18.7 Å². The van der Waals surface area contributed by atoms with Crippen LogP contribution in [0, 0.1) is 11.8 Å². The maximum Gasteiger partial charge on any atom is -0.00462 e. The Kier molecular flexibility index (Phi) is 6.70. The summed E-state index contributed by atoms with van der Waals surface area (Å²) in [4.78, 5) is 0. The molecule has 0 aromatic rings. The summed E-state index contributed by atoms with van der Waals surface area (Å²) in [6.45, 7) is 3.17. The monoisotopic (exact) mass is 215 g/mol. The van der Waals surface area contributed by atoms with Crippen LogP contribution < -0.4 is 5.73 Å². The van der Waals surface area contributed by atoms with Gasteiger partial charge in [-0.2, -0.15) is 11.8 Å². The quantitative estimate of drug-likeness (QED) is 0.562. The molecule has 0 saturated heterocycles. The van der Waals surface area contributed by atoms with Crippen molar-refractivity contribution in [3.63, 3.8) is 0 Å². The molecule has 0 heterocycles. The molecular weight excluding hydrogens is 190 g/mol. The van der Waals surface area contributed by atoms with Gasteiger partial charge in [-0.25, -0.2) is 0 Å². The largest absolute Gasteiger partial charge is 0.330 e. The van der Waals surface area contributed by atoms with E-state index in [1.54, 1.807) is 0 Å². The van der Waals surface area contributed by atoms with Crippen LogP contribution in [0.15, 0.2) is 0 Å². The molecule has 1 rings (SSSR count). The fourth-order valence-electron chi connectivity index (χ4n) is 2.53. The van der Waals surface area contributed by atoms with E-state index in [1.807, 2.05) is 0 Å². The number of nitrogens with two attached hydrogens (primary N) is 1. The third-order valence-corrected chi connectivity index (χ3v) is 4.39. The number of hydrogen-bond donors (Lipinski definition) is 1. The normalized spacial score (nSPS) is 28.7. The second kappa shape index (κ2) is 7.58. The molecule has 2 atom stereocenters. The topological polar surface area (TPSA) is 26.0 Å². The highest BCUT2D eigenvalue weighted by molar-refractivity contribution is 7.99. The van der Waals surface area contributed by atoms with Gasteiger partial charge in [0.15, 0.2) is 0 Å². The van der Waals surface area contributed by atoms with E-state index in [0.29, 0.717) is 0 Å². The minimum Gasteiger partial charge on any atom is -0.330 e. The van der Waals surface area contributed by atoms with E-state index in [1.165, 1.54) is 50.0 Å². The van der Waals surface area contributed by atoms with Crippen molar-refractivity contribution in [2.45, 2.75) is 45.4 Å². The Morgan fingerprint density at radius 2 is 1.86 bits per heavy atom. The first-order valence-corrected chi connectivity index (χ1v) is 7.31. The smallest absolute Gasteiger partial charge is 0.00462 e. The van der Waals surface area contributed by atoms with E-state index < -0.39 is 0 Å². The summed E-state index contributed by atoms with van der Waals surface area (Å²) in [6.07, 6.45) is 8.52. The zero-order chi connectivity index (χ0) is 10.2. The van der Waals surface area contributed by atoms with Crippen molar-refractivity contribution in [1.82, 2.24) is 0 Å². The van der Waals surface area contributed by atoms with Gasteiger partial charge >= 0.3 is 0 Å². The summed E-state index contributed by atoms with van der Waals surface area (Å²) in [7, 11) is 0. The van der Waals surface area contributed by atoms with Crippen molar-refractivity contribution < 1.29 is 0 Å².